The lowest BCUT2D eigenvalue weighted by atomic mass is 10.1. The average molecular weight is 453 g/mol. The van der Waals surface area contributed by atoms with E-state index in [1.165, 1.54) is 12.1 Å². The molecule has 2 heterocycles. The number of hydrogen-bond donors (Lipinski definition) is 2. The third-order valence-electron chi connectivity index (χ3n) is 6.23. The number of halogens is 2. The van der Waals surface area contributed by atoms with Crippen molar-refractivity contribution in [3.05, 3.63) is 69.1 Å². The van der Waals surface area contributed by atoms with Gasteiger partial charge in [-0.15, -0.1) is 0 Å². The minimum absolute atomic E-state index is 0.0744. The van der Waals surface area contributed by atoms with Crippen molar-refractivity contribution in [2.75, 3.05) is 31.1 Å². The molecule has 9 heteroatoms. The fourth-order valence-corrected chi connectivity index (χ4v) is 4.18. The smallest absolute Gasteiger partial charge is 0.269 e. The summed E-state index contributed by atoms with van der Waals surface area (Å²) in [5.41, 5.74) is 2.04. The SMILES string of the molecule is Cc1nc2c(F)cc(CN3CCN(c4ccc(C(=O)NC5CC5)c(F)c4)CC3)cc2[nH]c1=O. The fraction of sp³-hybridized carbons (Fsp3) is 0.375. The number of amides is 1. The molecule has 5 rings (SSSR count). The van der Waals surface area contributed by atoms with Crippen LogP contribution in [0.4, 0.5) is 14.5 Å². The van der Waals surface area contributed by atoms with E-state index in [1.807, 2.05) is 0 Å². The van der Waals surface area contributed by atoms with Crippen molar-refractivity contribution in [2.45, 2.75) is 32.4 Å². The Morgan fingerprint density at radius 1 is 1.12 bits per heavy atom. The fourth-order valence-electron chi connectivity index (χ4n) is 4.18. The van der Waals surface area contributed by atoms with Crippen LogP contribution in [0.3, 0.4) is 0 Å². The summed E-state index contributed by atoms with van der Waals surface area (Å²) in [5.74, 6) is -1.33. The Labute approximate surface area is 189 Å². The summed E-state index contributed by atoms with van der Waals surface area (Å²) in [6, 6.07) is 8.15. The number of aromatic amines is 1. The summed E-state index contributed by atoms with van der Waals surface area (Å²) in [6.07, 6.45) is 1.91. The van der Waals surface area contributed by atoms with E-state index in [9.17, 15) is 18.4 Å². The number of fused-ring (bicyclic) bond motifs is 1. The second-order valence-electron chi connectivity index (χ2n) is 8.80. The molecule has 1 amide bonds. The van der Waals surface area contributed by atoms with E-state index in [2.05, 4.69) is 25.1 Å². The Kier molecular flexibility index (Phi) is 5.57. The lowest BCUT2D eigenvalue weighted by Crippen LogP contribution is -2.46. The van der Waals surface area contributed by atoms with E-state index in [-0.39, 0.29) is 34.3 Å². The molecule has 0 bridgehead atoms. The quantitative estimate of drug-likeness (QED) is 0.621. The van der Waals surface area contributed by atoms with E-state index >= 15 is 0 Å². The topological polar surface area (TPSA) is 81.3 Å². The van der Waals surface area contributed by atoms with Gasteiger partial charge in [-0.1, -0.05) is 0 Å². The number of aryl methyl sites for hydroxylation is 1. The molecular formula is C24H25F2N5O2. The Morgan fingerprint density at radius 3 is 2.58 bits per heavy atom. The molecule has 172 valence electrons. The highest BCUT2D eigenvalue weighted by molar-refractivity contribution is 5.95. The van der Waals surface area contributed by atoms with Crippen LogP contribution in [0.25, 0.3) is 11.0 Å². The molecule has 1 aliphatic carbocycles. The zero-order chi connectivity index (χ0) is 23.1. The molecule has 33 heavy (non-hydrogen) atoms. The van der Waals surface area contributed by atoms with Gasteiger partial charge in [-0.05, 0) is 55.7 Å². The summed E-state index contributed by atoms with van der Waals surface area (Å²) in [6.45, 7) is 4.88. The summed E-state index contributed by atoms with van der Waals surface area (Å²) in [4.78, 5) is 35.0. The molecule has 7 nitrogen and oxygen atoms in total. The Balaban J connectivity index is 1.23. The molecule has 1 saturated carbocycles. The molecule has 0 radical (unpaired) electrons. The lowest BCUT2D eigenvalue weighted by Gasteiger charge is -2.36. The minimum atomic E-state index is -0.516. The van der Waals surface area contributed by atoms with Crippen LogP contribution in [0.15, 0.2) is 35.1 Å². The predicted octanol–water partition coefficient (Wildman–Crippen LogP) is 2.72. The summed E-state index contributed by atoms with van der Waals surface area (Å²) >= 11 is 0. The first-order valence-corrected chi connectivity index (χ1v) is 11.1. The highest BCUT2D eigenvalue weighted by Crippen LogP contribution is 2.24. The number of anilines is 1. The normalized spacial score (nSPS) is 16.9. The van der Waals surface area contributed by atoms with Crippen LogP contribution < -0.4 is 15.8 Å². The van der Waals surface area contributed by atoms with Crippen molar-refractivity contribution >= 4 is 22.6 Å². The van der Waals surface area contributed by atoms with Crippen molar-refractivity contribution in [1.82, 2.24) is 20.2 Å². The molecule has 3 aromatic rings. The standard InChI is InChI=1S/C24H25F2N5O2/c1-14-23(32)29-21-11-15(10-20(26)22(21)27-14)13-30-6-8-31(9-7-30)17-4-5-18(19(25)12-17)24(33)28-16-2-3-16/h4-5,10-12,16H,2-3,6-9,13H2,1H3,(H,28,33)(H,29,32). The van der Waals surface area contributed by atoms with E-state index < -0.39 is 11.6 Å². The maximum atomic E-state index is 14.5. The van der Waals surface area contributed by atoms with Crippen LogP contribution in [-0.4, -0.2) is 53.0 Å². The Morgan fingerprint density at radius 2 is 1.88 bits per heavy atom. The van der Waals surface area contributed by atoms with Crippen LogP contribution in [0, 0.1) is 18.6 Å². The highest BCUT2D eigenvalue weighted by atomic mass is 19.1. The third kappa shape index (κ3) is 4.59. The monoisotopic (exact) mass is 453 g/mol. The maximum Gasteiger partial charge on any atom is 0.269 e. The molecule has 2 fully saturated rings. The second kappa shape index (κ2) is 8.55. The van der Waals surface area contributed by atoms with E-state index in [0.717, 1.165) is 24.1 Å². The first-order chi connectivity index (χ1) is 15.9. The van der Waals surface area contributed by atoms with Gasteiger partial charge in [-0.25, -0.2) is 13.8 Å². The molecule has 2 aromatic carbocycles. The number of aromatic nitrogens is 2. The van der Waals surface area contributed by atoms with E-state index in [4.69, 9.17) is 0 Å². The molecule has 1 aromatic heterocycles. The van der Waals surface area contributed by atoms with Gasteiger partial charge in [-0.3, -0.25) is 14.5 Å². The van der Waals surface area contributed by atoms with Crippen molar-refractivity contribution in [2.24, 2.45) is 0 Å². The van der Waals surface area contributed by atoms with Gasteiger partial charge in [0.15, 0.2) is 5.82 Å². The van der Waals surface area contributed by atoms with Gasteiger partial charge in [0.05, 0.1) is 11.1 Å². The number of rotatable bonds is 5. The zero-order valence-electron chi connectivity index (χ0n) is 18.3. The van der Waals surface area contributed by atoms with Crippen LogP contribution in [0.1, 0.15) is 34.5 Å². The van der Waals surface area contributed by atoms with Gasteiger partial charge in [0.25, 0.3) is 11.5 Å². The average Bonchev–Trinajstić information content (AvgIpc) is 3.59. The van der Waals surface area contributed by atoms with Crippen molar-refractivity contribution in [3.63, 3.8) is 0 Å². The second-order valence-corrected chi connectivity index (χ2v) is 8.80. The van der Waals surface area contributed by atoms with Crippen LogP contribution in [0.2, 0.25) is 0 Å². The number of piperazine rings is 1. The number of nitrogens with one attached hydrogen (secondary N) is 2. The molecule has 1 aliphatic heterocycles. The molecular weight excluding hydrogens is 428 g/mol. The molecule has 0 unspecified atom stereocenters. The maximum absolute atomic E-state index is 14.5. The number of hydrogen-bond acceptors (Lipinski definition) is 5. The number of benzene rings is 2. The van der Waals surface area contributed by atoms with Crippen LogP contribution in [0.5, 0.6) is 0 Å². The van der Waals surface area contributed by atoms with Crippen LogP contribution >= 0.6 is 0 Å². The van der Waals surface area contributed by atoms with Gasteiger partial charge < -0.3 is 15.2 Å². The zero-order valence-corrected chi connectivity index (χ0v) is 18.3. The Hall–Kier alpha value is -3.33. The summed E-state index contributed by atoms with van der Waals surface area (Å²) in [7, 11) is 0. The summed E-state index contributed by atoms with van der Waals surface area (Å²) < 4.78 is 29.1. The van der Waals surface area contributed by atoms with Crippen molar-refractivity contribution < 1.29 is 13.6 Å². The van der Waals surface area contributed by atoms with E-state index in [1.54, 1.807) is 25.1 Å². The van der Waals surface area contributed by atoms with Crippen LogP contribution in [-0.2, 0) is 6.54 Å². The minimum Gasteiger partial charge on any atom is -0.369 e. The van der Waals surface area contributed by atoms with Gasteiger partial charge in [0.1, 0.15) is 17.0 Å². The van der Waals surface area contributed by atoms with Gasteiger partial charge in [0.2, 0.25) is 0 Å². The molecule has 2 N–H and O–H groups in total. The van der Waals surface area contributed by atoms with Gasteiger partial charge in [0, 0.05) is 44.5 Å². The third-order valence-corrected chi connectivity index (χ3v) is 6.23. The molecule has 1 saturated heterocycles. The number of carbonyl (C=O) groups is 1. The number of nitrogens with zero attached hydrogens (tertiary/aromatic N) is 3. The number of carbonyl (C=O) groups excluding carboxylic acids is 1. The molecule has 0 atom stereocenters. The summed E-state index contributed by atoms with van der Waals surface area (Å²) in [5, 5.41) is 2.81. The van der Waals surface area contributed by atoms with E-state index in [0.29, 0.717) is 38.2 Å². The molecule has 2 aliphatic rings. The van der Waals surface area contributed by atoms with Crippen molar-refractivity contribution in [3.8, 4) is 0 Å². The largest absolute Gasteiger partial charge is 0.369 e. The van der Waals surface area contributed by atoms with Gasteiger partial charge >= 0.3 is 0 Å². The highest BCUT2D eigenvalue weighted by Gasteiger charge is 2.26. The number of H-pyrrole nitrogens is 1. The van der Waals surface area contributed by atoms with Gasteiger partial charge in [-0.2, -0.15) is 0 Å². The first kappa shape index (κ1) is 21.5. The van der Waals surface area contributed by atoms with Crippen molar-refractivity contribution in [1.29, 1.82) is 0 Å². The first-order valence-electron chi connectivity index (χ1n) is 11.1. The Bertz CT molecular complexity index is 1280. The predicted molar refractivity (Wildman–Crippen MR) is 121 cm³/mol. The molecule has 0 spiro atoms. The lowest BCUT2D eigenvalue weighted by molar-refractivity contribution is 0.0947.